The third-order valence-corrected chi connectivity index (χ3v) is 3.94. The van der Waals surface area contributed by atoms with Gasteiger partial charge in [0.25, 0.3) is 0 Å². The number of carbonyl (C=O) groups is 1. The summed E-state index contributed by atoms with van der Waals surface area (Å²) in [6.45, 7) is 3.72. The van der Waals surface area contributed by atoms with E-state index in [0.29, 0.717) is 11.4 Å². The first kappa shape index (κ1) is 13.8. The largest absolute Gasteiger partial charge is 0.397 e. The topological polar surface area (TPSA) is 56.0 Å². The smallest absolute Gasteiger partial charge is 0.185 e. The molecule has 0 unspecified atom stereocenters. The van der Waals surface area contributed by atoms with Crippen molar-refractivity contribution >= 4 is 11.5 Å². The van der Waals surface area contributed by atoms with E-state index in [0.717, 1.165) is 17.0 Å². The molecule has 3 heteroatoms. The van der Waals surface area contributed by atoms with Crippen LogP contribution in [0.25, 0.3) is 11.1 Å². The predicted octanol–water partition coefficient (Wildman–Crippen LogP) is 4.05. The van der Waals surface area contributed by atoms with Gasteiger partial charge in [0.2, 0.25) is 0 Å². The average molecular weight is 280 g/mol. The molecule has 0 atom stereocenters. The molecule has 0 spiro atoms. The lowest BCUT2D eigenvalue weighted by molar-refractivity contribution is 0.0935. The van der Waals surface area contributed by atoms with E-state index in [1.54, 1.807) is 6.20 Å². The summed E-state index contributed by atoms with van der Waals surface area (Å²) < 4.78 is 0. The highest BCUT2D eigenvalue weighted by Gasteiger charge is 2.23. The molecular formula is C18H20N2O. The van der Waals surface area contributed by atoms with E-state index in [9.17, 15) is 4.79 Å². The third kappa shape index (κ3) is 2.82. The van der Waals surface area contributed by atoms with Gasteiger partial charge in [0.15, 0.2) is 5.78 Å². The molecular weight excluding hydrogens is 260 g/mol. The van der Waals surface area contributed by atoms with Gasteiger partial charge in [-0.15, -0.1) is 0 Å². The maximum atomic E-state index is 12.0. The number of benzene rings is 1. The highest BCUT2D eigenvalue weighted by molar-refractivity contribution is 6.00. The van der Waals surface area contributed by atoms with Crippen LogP contribution in [0.2, 0.25) is 0 Å². The fourth-order valence-corrected chi connectivity index (χ4v) is 2.51. The third-order valence-electron chi connectivity index (χ3n) is 3.94. The summed E-state index contributed by atoms with van der Waals surface area (Å²) in [6.07, 6.45) is 4.31. The van der Waals surface area contributed by atoms with E-state index < -0.39 is 0 Å². The minimum atomic E-state index is -0.0937. The van der Waals surface area contributed by atoms with Gasteiger partial charge in [0.1, 0.15) is 5.69 Å². The number of pyridine rings is 1. The molecule has 1 aliphatic carbocycles. The van der Waals surface area contributed by atoms with Crippen molar-refractivity contribution in [1.29, 1.82) is 0 Å². The molecule has 0 aliphatic heterocycles. The summed E-state index contributed by atoms with van der Waals surface area (Å²) in [4.78, 5) is 16.3. The normalized spacial score (nSPS) is 14.4. The highest BCUT2D eigenvalue weighted by Crippen LogP contribution is 2.41. The van der Waals surface area contributed by atoms with Crippen LogP contribution in [0.1, 0.15) is 48.7 Å². The molecule has 108 valence electrons. The van der Waals surface area contributed by atoms with Crippen LogP contribution < -0.4 is 5.73 Å². The second-order valence-corrected chi connectivity index (χ2v) is 6.08. The van der Waals surface area contributed by atoms with Gasteiger partial charge in [-0.25, -0.2) is 0 Å². The summed E-state index contributed by atoms with van der Waals surface area (Å²) in [5, 5.41) is 0. The van der Waals surface area contributed by atoms with Crippen molar-refractivity contribution in [1.82, 2.24) is 4.98 Å². The van der Waals surface area contributed by atoms with Gasteiger partial charge >= 0.3 is 0 Å². The number of anilines is 1. The van der Waals surface area contributed by atoms with Crippen molar-refractivity contribution in [2.24, 2.45) is 5.92 Å². The fourth-order valence-electron chi connectivity index (χ4n) is 2.51. The van der Waals surface area contributed by atoms with Crippen LogP contribution in [0.15, 0.2) is 36.5 Å². The average Bonchev–Trinajstić information content (AvgIpc) is 3.31. The molecule has 3 nitrogen and oxygen atoms in total. The number of Topliss-reactive ketones (excluding diaryl/α,β-unsaturated/α-hetero) is 1. The Morgan fingerprint density at radius 1 is 1.24 bits per heavy atom. The molecule has 3 rings (SSSR count). The maximum Gasteiger partial charge on any atom is 0.185 e. The molecule has 2 aromatic rings. The zero-order valence-electron chi connectivity index (χ0n) is 12.5. The van der Waals surface area contributed by atoms with Crippen LogP contribution >= 0.6 is 0 Å². The lowest BCUT2D eigenvalue weighted by Gasteiger charge is -2.09. The maximum absolute atomic E-state index is 12.0. The summed E-state index contributed by atoms with van der Waals surface area (Å²) in [5.41, 5.74) is 10.3. The molecule has 2 N–H and O–H groups in total. The van der Waals surface area contributed by atoms with Crippen molar-refractivity contribution in [3.05, 3.63) is 47.8 Å². The van der Waals surface area contributed by atoms with Gasteiger partial charge < -0.3 is 5.73 Å². The van der Waals surface area contributed by atoms with Crippen molar-refractivity contribution < 1.29 is 4.79 Å². The summed E-state index contributed by atoms with van der Waals surface area (Å²) in [6, 6.07) is 10.4. The van der Waals surface area contributed by atoms with Crippen molar-refractivity contribution in [2.75, 3.05) is 5.73 Å². The van der Waals surface area contributed by atoms with Crippen LogP contribution in [-0.4, -0.2) is 10.8 Å². The minimum Gasteiger partial charge on any atom is -0.397 e. The molecule has 21 heavy (non-hydrogen) atoms. The van der Waals surface area contributed by atoms with Crippen LogP contribution in [0.3, 0.4) is 0 Å². The number of hydrogen-bond acceptors (Lipinski definition) is 3. The van der Waals surface area contributed by atoms with Crippen LogP contribution in [0, 0.1) is 5.92 Å². The molecule has 0 amide bonds. The van der Waals surface area contributed by atoms with Crippen molar-refractivity contribution in [3.63, 3.8) is 0 Å². The second-order valence-electron chi connectivity index (χ2n) is 6.08. The van der Waals surface area contributed by atoms with Crippen LogP contribution in [0.5, 0.6) is 0 Å². The SMILES string of the molecule is CC(C)C(=O)c1ncc(-c2cccc(C3CC3)c2)cc1N. The summed E-state index contributed by atoms with van der Waals surface area (Å²) in [7, 11) is 0. The van der Waals surface area contributed by atoms with Gasteiger partial charge in [-0.05, 0) is 36.0 Å². The van der Waals surface area contributed by atoms with Gasteiger partial charge in [-0.2, -0.15) is 0 Å². The number of ketones is 1. The first-order chi connectivity index (χ1) is 10.1. The molecule has 1 aromatic heterocycles. The first-order valence-electron chi connectivity index (χ1n) is 7.46. The number of hydrogen-bond donors (Lipinski definition) is 1. The fraction of sp³-hybridized carbons (Fsp3) is 0.333. The van der Waals surface area contributed by atoms with E-state index in [1.165, 1.54) is 18.4 Å². The lowest BCUT2D eigenvalue weighted by atomic mass is 10.00. The van der Waals surface area contributed by atoms with E-state index in [4.69, 9.17) is 5.73 Å². The van der Waals surface area contributed by atoms with Crippen molar-refractivity contribution in [2.45, 2.75) is 32.6 Å². The Morgan fingerprint density at radius 3 is 2.62 bits per heavy atom. The number of carbonyl (C=O) groups excluding carboxylic acids is 1. The standard InChI is InChI=1S/C18H20N2O/c1-11(2)18(21)17-16(19)9-15(10-20-17)14-5-3-4-13(8-14)12-6-7-12/h3-5,8-12H,6-7,19H2,1-2H3. The van der Waals surface area contributed by atoms with Gasteiger partial charge in [0.05, 0.1) is 5.69 Å². The highest BCUT2D eigenvalue weighted by atomic mass is 16.1. The zero-order valence-corrected chi connectivity index (χ0v) is 12.5. The van der Waals surface area contributed by atoms with Gasteiger partial charge in [-0.3, -0.25) is 9.78 Å². The number of aromatic nitrogens is 1. The predicted molar refractivity (Wildman–Crippen MR) is 85.2 cm³/mol. The molecule has 0 radical (unpaired) electrons. The molecule has 1 heterocycles. The number of rotatable bonds is 4. The quantitative estimate of drug-likeness (QED) is 0.860. The Morgan fingerprint density at radius 2 is 2.00 bits per heavy atom. The minimum absolute atomic E-state index is 0.00854. The van der Waals surface area contributed by atoms with Crippen molar-refractivity contribution in [3.8, 4) is 11.1 Å². The monoisotopic (exact) mass is 280 g/mol. The number of nitrogens with two attached hydrogens (primary N) is 1. The summed E-state index contributed by atoms with van der Waals surface area (Å²) in [5.74, 6) is 0.617. The summed E-state index contributed by atoms with van der Waals surface area (Å²) >= 11 is 0. The zero-order chi connectivity index (χ0) is 15.0. The Kier molecular flexibility index (Phi) is 3.50. The molecule has 1 saturated carbocycles. The Hall–Kier alpha value is -2.16. The second kappa shape index (κ2) is 5.32. The molecule has 1 aliphatic rings. The molecule has 1 fully saturated rings. The van der Waals surface area contributed by atoms with Gasteiger partial charge in [0, 0.05) is 17.7 Å². The number of nitrogens with zero attached hydrogens (tertiary/aromatic N) is 1. The van der Waals surface area contributed by atoms with E-state index in [1.807, 2.05) is 19.9 Å². The Labute approximate surface area is 125 Å². The van der Waals surface area contributed by atoms with Gasteiger partial charge in [-0.1, -0.05) is 38.1 Å². The molecule has 0 saturated heterocycles. The molecule has 0 bridgehead atoms. The van der Waals surface area contributed by atoms with E-state index in [2.05, 4.69) is 29.2 Å². The van der Waals surface area contributed by atoms with Crippen LogP contribution in [0.4, 0.5) is 5.69 Å². The Balaban J connectivity index is 1.94. The molecule has 1 aromatic carbocycles. The van der Waals surface area contributed by atoms with Crippen LogP contribution in [-0.2, 0) is 0 Å². The first-order valence-corrected chi connectivity index (χ1v) is 7.46. The Bertz CT molecular complexity index is 687. The number of nitrogen functional groups attached to an aromatic ring is 1. The van der Waals surface area contributed by atoms with E-state index in [-0.39, 0.29) is 11.7 Å². The lowest BCUT2D eigenvalue weighted by Crippen LogP contribution is -2.12. The van der Waals surface area contributed by atoms with E-state index >= 15 is 0 Å².